The summed E-state index contributed by atoms with van der Waals surface area (Å²) >= 11 is 0. The molecule has 1 aromatic rings. The highest BCUT2D eigenvalue weighted by Crippen LogP contribution is 2.31. The number of carbonyl (C=O) groups is 1. The highest BCUT2D eigenvalue weighted by Gasteiger charge is 2.28. The van der Waals surface area contributed by atoms with Crippen molar-refractivity contribution in [1.29, 1.82) is 0 Å². The van der Waals surface area contributed by atoms with E-state index in [0.717, 1.165) is 31.2 Å². The zero-order valence-corrected chi connectivity index (χ0v) is 11.1. The van der Waals surface area contributed by atoms with Crippen molar-refractivity contribution in [3.8, 4) is 0 Å². The summed E-state index contributed by atoms with van der Waals surface area (Å²) in [5.74, 6) is -1.16. The quantitative estimate of drug-likeness (QED) is 0.833. The number of rotatable bonds is 4. The SMILES string of the molecule is O=C(O)C(Cc1cccc(F)c1)C1CCCCCC1. The minimum Gasteiger partial charge on any atom is -0.481 e. The van der Waals surface area contributed by atoms with Gasteiger partial charge in [-0.15, -0.1) is 0 Å². The summed E-state index contributed by atoms with van der Waals surface area (Å²) in [4.78, 5) is 11.5. The van der Waals surface area contributed by atoms with E-state index in [1.54, 1.807) is 6.07 Å². The Morgan fingerprint density at radius 3 is 2.53 bits per heavy atom. The highest BCUT2D eigenvalue weighted by molar-refractivity contribution is 5.70. The predicted molar refractivity (Wildman–Crippen MR) is 72.4 cm³/mol. The Balaban J connectivity index is 2.09. The van der Waals surface area contributed by atoms with Gasteiger partial charge in [-0.3, -0.25) is 4.79 Å². The molecule has 0 aromatic heterocycles. The van der Waals surface area contributed by atoms with Crippen LogP contribution < -0.4 is 0 Å². The molecule has 1 unspecified atom stereocenters. The molecule has 0 aliphatic heterocycles. The van der Waals surface area contributed by atoms with Crippen LogP contribution in [0.3, 0.4) is 0 Å². The van der Waals surface area contributed by atoms with Crippen molar-refractivity contribution in [2.75, 3.05) is 0 Å². The zero-order valence-electron chi connectivity index (χ0n) is 11.1. The Labute approximate surface area is 113 Å². The Kier molecular flexibility index (Phi) is 4.94. The van der Waals surface area contributed by atoms with Crippen LogP contribution in [0.4, 0.5) is 4.39 Å². The van der Waals surface area contributed by atoms with Crippen LogP contribution in [0.5, 0.6) is 0 Å². The van der Waals surface area contributed by atoms with Crippen LogP contribution in [0.15, 0.2) is 24.3 Å². The average molecular weight is 264 g/mol. The predicted octanol–water partition coefficient (Wildman–Crippen LogP) is 4.04. The molecule has 1 saturated carbocycles. The van der Waals surface area contributed by atoms with Gasteiger partial charge in [-0.25, -0.2) is 4.39 Å². The molecule has 2 nitrogen and oxygen atoms in total. The van der Waals surface area contributed by atoms with Crippen molar-refractivity contribution in [1.82, 2.24) is 0 Å². The monoisotopic (exact) mass is 264 g/mol. The third kappa shape index (κ3) is 4.05. The largest absolute Gasteiger partial charge is 0.481 e. The van der Waals surface area contributed by atoms with E-state index in [1.165, 1.54) is 25.0 Å². The summed E-state index contributed by atoms with van der Waals surface area (Å²) in [6.07, 6.45) is 7.09. The lowest BCUT2D eigenvalue weighted by molar-refractivity contribution is -0.143. The first-order valence-corrected chi connectivity index (χ1v) is 7.14. The average Bonchev–Trinajstić information content (AvgIpc) is 2.64. The number of carboxylic acids is 1. The lowest BCUT2D eigenvalue weighted by Crippen LogP contribution is -2.25. The van der Waals surface area contributed by atoms with Crippen LogP contribution >= 0.6 is 0 Å². The van der Waals surface area contributed by atoms with E-state index in [-0.39, 0.29) is 17.7 Å². The Bertz CT molecular complexity index is 423. The molecule has 19 heavy (non-hydrogen) atoms. The third-order valence-electron chi connectivity index (χ3n) is 4.13. The molecule has 0 radical (unpaired) electrons. The molecule has 0 heterocycles. The molecule has 1 atom stereocenters. The maximum absolute atomic E-state index is 13.2. The fraction of sp³-hybridized carbons (Fsp3) is 0.562. The van der Waals surface area contributed by atoms with E-state index >= 15 is 0 Å². The molecular formula is C16H21FO2. The number of benzene rings is 1. The van der Waals surface area contributed by atoms with Crippen molar-refractivity contribution in [2.24, 2.45) is 11.8 Å². The number of halogens is 1. The smallest absolute Gasteiger partial charge is 0.307 e. The van der Waals surface area contributed by atoms with Gasteiger partial charge in [0.2, 0.25) is 0 Å². The van der Waals surface area contributed by atoms with Crippen molar-refractivity contribution in [3.63, 3.8) is 0 Å². The van der Waals surface area contributed by atoms with Crippen LogP contribution in [-0.4, -0.2) is 11.1 Å². The number of carboxylic acid groups (broad SMARTS) is 1. The standard InChI is InChI=1S/C16H21FO2/c17-14-9-5-6-12(10-14)11-15(16(18)19)13-7-3-1-2-4-8-13/h5-6,9-10,13,15H,1-4,7-8,11H2,(H,18,19). The normalized spacial score (nSPS) is 18.8. The van der Waals surface area contributed by atoms with Crippen LogP contribution in [0.2, 0.25) is 0 Å². The molecule has 0 spiro atoms. The van der Waals surface area contributed by atoms with E-state index in [2.05, 4.69) is 0 Å². The van der Waals surface area contributed by atoms with Gasteiger partial charge >= 0.3 is 5.97 Å². The lowest BCUT2D eigenvalue weighted by Gasteiger charge is -2.22. The van der Waals surface area contributed by atoms with Crippen LogP contribution in [0, 0.1) is 17.7 Å². The molecule has 1 aliphatic carbocycles. The molecule has 0 saturated heterocycles. The van der Waals surface area contributed by atoms with Crippen LogP contribution in [0.1, 0.15) is 44.1 Å². The van der Waals surface area contributed by atoms with Crippen LogP contribution in [0.25, 0.3) is 0 Å². The Morgan fingerprint density at radius 1 is 1.26 bits per heavy atom. The molecule has 0 amide bonds. The Hall–Kier alpha value is -1.38. The number of aliphatic carboxylic acids is 1. The Morgan fingerprint density at radius 2 is 1.95 bits per heavy atom. The lowest BCUT2D eigenvalue weighted by atomic mass is 9.82. The molecule has 1 fully saturated rings. The highest BCUT2D eigenvalue weighted by atomic mass is 19.1. The van der Waals surface area contributed by atoms with Crippen molar-refractivity contribution >= 4 is 5.97 Å². The second-order valence-corrected chi connectivity index (χ2v) is 5.53. The summed E-state index contributed by atoms with van der Waals surface area (Å²) in [6.45, 7) is 0. The molecule has 2 rings (SSSR count). The zero-order chi connectivity index (χ0) is 13.7. The van der Waals surface area contributed by atoms with Gasteiger partial charge in [0, 0.05) is 0 Å². The topological polar surface area (TPSA) is 37.3 Å². The summed E-state index contributed by atoms with van der Waals surface area (Å²) in [5, 5.41) is 9.45. The van der Waals surface area contributed by atoms with Crippen molar-refractivity contribution in [2.45, 2.75) is 44.9 Å². The fourth-order valence-corrected chi connectivity index (χ4v) is 3.09. The van der Waals surface area contributed by atoms with E-state index in [0.29, 0.717) is 6.42 Å². The molecule has 1 N–H and O–H groups in total. The summed E-state index contributed by atoms with van der Waals surface area (Å²) < 4.78 is 13.2. The number of hydrogen-bond acceptors (Lipinski definition) is 1. The van der Waals surface area contributed by atoms with Crippen molar-refractivity contribution in [3.05, 3.63) is 35.6 Å². The van der Waals surface area contributed by atoms with Gasteiger partial charge in [0.1, 0.15) is 5.82 Å². The van der Waals surface area contributed by atoms with Gasteiger partial charge in [-0.2, -0.15) is 0 Å². The first kappa shape index (κ1) is 14.0. The van der Waals surface area contributed by atoms with Crippen LogP contribution in [-0.2, 0) is 11.2 Å². The maximum Gasteiger partial charge on any atom is 0.307 e. The minimum absolute atomic E-state index is 0.239. The van der Waals surface area contributed by atoms with Gasteiger partial charge in [-0.05, 0) is 42.9 Å². The second-order valence-electron chi connectivity index (χ2n) is 5.53. The minimum atomic E-state index is -0.740. The summed E-state index contributed by atoms with van der Waals surface area (Å²) in [7, 11) is 0. The molecular weight excluding hydrogens is 243 g/mol. The molecule has 1 aromatic carbocycles. The second kappa shape index (κ2) is 6.69. The first-order chi connectivity index (χ1) is 9.16. The van der Waals surface area contributed by atoms with Crippen molar-refractivity contribution < 1.29 is 14.3 Å². The summed E-state index contributed by atoms with van der Waals surface area (Å²) in [5.41, 5.74) is 0.789. The first-order valence-electron chi connectivity index (χ1n) is 7.14. The van der Waals surface area contributed by atoms with E-state index in [9.17, 15) is 14.3 Å². The van der Waals surface area contributed by atoms with Gasteiger partial charge in [0.25, 0.3) is 0 Å². The molecule has 104 valence electrons. The van der Waals surface area contributed by atoms with E-state index < -0.39 is 5.97 Å². The van der Waals surface area contributed by atoms with Gasteiger partial charge < -0.3 is 5.11 Å². The van der Waals surface area contributed by atoms with Gasteiger partial charge in [0.15, 0.2) is 0 Å². The molecule has 1 aliphatic rings. The van der Waals surface area contributed by atoms with E-state index in [1.807, 2.05) is 6.07 Å². The number of hydrogen-bond donors (Lipinski definition) is 1. The van der Waals surface area contributed by atoms with E-state index in [4.69, 9.17) is 0 Å². The fourth-order valence-electron chi connectivity index (χ4n) is 3.09. The van der Waals surface area contributed by atoms with Gasteiger partial charge in [0.05, 0.1) is 5.92 Å². The third-order valence-corrected chi connectivity index (χ3v) is 4.13. The van der Waals surface area contributed by atoms with Gasteiger partial charge in [-0.1, -0.05) is 37.8 Å². The molecule has 3 heteroatoms. The summed E-state index contributed by atoms with van der Waals surface area (Å²) in [6, 6.07) is 6.31. The maximum atomic E-state index is 13.2. The molecule has 0 bridgehead atoms.